The zero-order valence-corrected chi connectivity index (χ0v) is 14.4. The second-order valence-electron chi connectivity index (χ2n) is 6.00. The quantitative estimate of drug-likeness (QED) is 0.672. The first kappa shape index (κ1) is 15.8. The van der Waals surface area contributed by atoms with Crippen molar-refractivity contribution in [2.45, 2.75) is 19.4 Å². The minimum Gasteiger partial charge on any atom is -0.455 e. The molecule has 0 spiro atoms. The summed E-state index contributed by atoms with van der Waals surface area (Å²) in [5, 5.41) is 1.93. The third-order valence-corrected chi connectivity index (χ3v) is 5.08. The highest BCUT2D eigenvalue weighted by molar-refractivity contribution is 7.15. The van der Waals surface area contributed by atoms with Crippen molar-refractivity contribution >= 4 is 28.2 Å². The average Bonchev–Trinajstić information content (AvgIpc) is 3.20. The molecular formula is C18H17N3O3S. The van der Waals surface area contributed by atoms with Crippen LogP contribution >= 0.6 is 11.3 Å². The van der Waals surface area contributed by atoms with Gasteiger partial charge >= 0.3 is 5.97 Å². The first-order chi connectivity index (χ1) is 12.2. The van der Waals surface area contributed by atoms with Gasteiger partial charge in [0.25, 0.3) is 5.91 Å². The SMILES string of the molecule is O=C(Cc1cn2ccsc2n1)OCC(=O)N1CCc2ccccc2C1. The van der Waals surface area contributed by atoms with Crippen molar-refractivity contribution in [3.63, 3.8) is 0 Å². The molecule has 2 aromatic heterocycles. The van der Waals surface area contributed by atoms with E-state index >= 15 is 0 Å². The Kier molecular flexibility index (Phi) is 4.23. The van der Waals surface area contributed by atoms with Gasteiger partial charge in [-0.05, 0) is 17.5 Å². The zero-order chi connectivity index (χ0) is 17.2. The highest BCUT2D eigenvalue weighted by Crippen LogP contribution is 2.18. The van der Waals surface area contributed by atoms with E-state index in [2.05, 4.69) is 11.1 Å². The summed E-state index contributed by atoms with van der Waals surface area (Å²) in [7, 11) is 0. The van der Waals surface area contributed by atoms with Crippen LogP contribution in [-0.4, -0.2) is 39.3 Å². The molecule has 1 aromatic carbocycles. The van der Waals surface area contributed by atoms with Crippen molar-refractivity contribution in [1.29, 1.82) is 0 Å². The number of nitrogens with zero attached hydrogens (tertiary/aromatic N) is 3. The number of thiazole rings is 1. The Morgan fingerprint density at radius 1 is 1.24 bits per heavy atom. The summed E-state index contributed by atoms with van der Waals surface area (Å²) in [6.07, 6.45) is 4.60. The molecule has 0 N–H and O–H groups in total. The predicted octanol–water partition coefficient (Wildman–Crippen LogP) is 2.07. The van der Waals surface area contributed by atoms with Gasteiger partial charge in [0.05, 0.1) is 12.1 Å². The van der Waals surface area contributed by atoms with E-state index in [1.54, 1.807) is 11.1 Å². The van der Waals surface area contributed by atoms with Gasteiger partial charge in [-0.2, -0.15) is 0 Å². The van der Waals surface area contributed by atoms with Crippen molar-refractivity contribution in [3.8, 4) is 0 Å². The Labute approximate surface area is 148 Å². The van der Waals surface area contributed by atoms with Crippen molar-refractivity contribution < 1.29 is 14.3 Å². The molecule has 1 aliphatic heterocycles. The van der Waals surface area contributed by atoms with Crippen LogP contribution in [0.5, 0.6) is 0 Å². The maximum absolute atomic E-state index is 12.3. The van der Waals surface area contributed by atoms with E-state index in [0.29, 0.717) is 18.8 Å². The van der Waals surface area contributed by atoms with E-state index in [9.17, 15) is 9.59 Å². The highest BCUT2D eigenvalue weighted by Gasteiger charge is 2.21. The molecule has 0 unspecified atom stereocenters. The fourth-order valence-corrected chi connectivity index (χ4v) is 3.72. The molecule has 6 nitrogen and oxygen atoms in total. The van der Waals surface area contributed by atoms with Crippen molar-refractivity contribution in [2.24, 2.45) is 0 Å². The Hall–Kier alpha value is -2.67. The largest absolute Gasteiger partial charge is 0.455 e. The summed E-state index contributed by atoms with van der Waals surface area (Å²) in [6.45, 7) is 1.01. The summed E-state index contributed by atoms with van der Waals surface area (Å²) in [5.74, 6) is -0.592. The lowest BCUT2D eigenvalue weighted by Gasteiger charge is -2.28. The number of esters is 1. The highest BCUT2D eigenvalue weighted by atomic mass is 32.1. The maximum atomic E-state index is 12.3. The van der Waals surface area contributed by atoms with Crippen LogP contribution in [0.15, 0.2) is 42.0 Å². The minimum absolute atomic E-state index is 0.0739. The van der Waals surface area contributed by atoms with Gasteiger partial charge in [0, 0.05) is 30.9 Å². The van der Waals surface area contributed by atoms with Crippen LogP contribution in [0.3, 0.4) is 0 Å². The number of hydrogen-bond donors (Lipinski definition) is 0. The smallest absolute Gasteiger partial charge is 0.312 e. The molecule has 7 heteroatoms. The standard InChI is InChI=1S/C18H17N3O3S/c22-16(20-6-5-13-3-1-2-4-14(13)10-20)12-24-17(23)9-15-11-21-7-8-25-18(21)19-15/h1-4,7-8,11H,5-6,9-10,12H2. The number of amides is 1. The summed E-state index contributed by atoms with van der Waals surface area (Å²) < 4.78 is 7.01. The van der Waals surface area contributed by atoms with Crippen molar-refractivity contribution in [1.82, 2.24) is 14.3 Å². The monoisotopic (exact) mass is 355 g/mol. The lowest BCUT2D eigenvalue weighted by molar-refractivity contribution is -0.151. The van der Waals surface area contributed by atoms with E-state index in [1.807, 2.05) is 34.2 Å². The Balaban J connectivity index is 1.30. The summed E-state index contributed by atoms with van der Waals surface area (Å²) in [4.78, 5) is 31.2. The van der Waals surface area contributed by atoms with Crippen molar-refractivity contribution in [3.05, 3.63) is 58.9 Å². The van der Waals surface area contributed by atoms with E-state index in [0.717, 1.165) is 16.9 Å². The van der Waals surface area contributed by atoms with Gasteiger partial charge in [0.1, 0.15) is 0 Å². The van der Waals surface area contributed by atoms with Gasteiger partial charge in [-0.25, -0.2) is 4.98 Å². The minimum atomic E-state index is -0.434. The molecule has 128 valence electrons. The van der Waals surface area contributed by atoms with Crippen LogP contribution < -0.4 is 0 Å². The van der Waals surface area contributed by atoms with Gasteiger partial charge in [-0.3, -0.25) is 14.0 Å². The average molecular weight is 355 g/mol. The molecule has 0 fully saturated rings. The molecule has 4 rings (SSSR count). The molecule has 1 aliphatic rings. The fourth-order valence-electron chi connectivity index (χ4n) is 3.00. The number of rotatable bonds is 4. The first-order valence-corrected chi connectivity index (χ1v) is 8.98. The summed E-state index contributed by atoms with van der Waals surface area (Å²) in [5.41, 5.74) is 3.09. The molecule has 0 bridgehead atoms. The third-order valence-electron chi connectivity index (χ3n) is 4.31. The number of carbonyl (C=O) groups excluding carboxylic acids is 2. The maximum Gasteiger partial charge on any atom is 0.312 e. The fraction of sp³-hybridized carbons (Fsp3) is 0.278. The number of fused-ring (bicyclic) bond motifs is 2. The molecule has 0 aliphatic carbocycles. The van der Waals surface area contributed by atoms with E-state index in [-0.39, 0.29) is 18.9 Å². The molecule has 0 saturated carbocycles. The molecule has 0 atom stereocenters. The van der Waals surface area contributed by atoms with Gasteiger partial charge < -0.3 is 9.64 Å². The van der Waals surface area contributed by atoms with Gasteiger partial charge in [0.2, 0.25) is 0 Å². The normalized spacial score (nSPS) is 13.7. The molecule has 0 saturated heterocycles. The lowest BCUT2D eigenvalue weighted by atomic mass is 10.00. The lowest BCUT2D eigenvalue weighted by Crippen LogP contribution is -2.38. The number of imidazole rings is 1. The van der Waals surface area contributed by atoms with Crippen LogP contribution in [0.4, 0.5) is 0 Å². The van der Waals surface area contributed by atoms with Crippen LogP contribution in [0.2, 0.25) is 0 Å². The molecule has 1 amide bonds. The number of aromatic nitrogens is 2. The van der Waals surface area contributed by atoms with Crippen LogP contribution in [0.25, 0.3) is 4.96 Å². The summed E-state index contributed by atoms with van der Waals surface area (Å²) >= 11 is 1.51. The number of hydrogen-bond acceptors (Lipinski definition) is 5. The number of carbonyl (C=O) groups is 2. The Morgan fingerprint density at radius 3 is 2.92 bits per heavy atom. The molecule has 25 heavy (non-hydrogen) atoms. The van der Waals surface area contributed by atoms with E-state index in [4.69, 9.17) is 4.74 Å². The second-order valence-corrected chi connectivity index (χ2v) is 6.87. The first-order valence-electron chi connectivity index (χ1n) is 8.10. The van der Waals surface area contributed by atoms with Gasteiger partial charge in [-0.15, -0.1) is 11.3 Å². The number of ether oxygens (including phenoxy) is 1. The van der Waals surface area contributed by atoms with Crippen LogP contribution in [0.1, 0.15) is 16.8 Å². The Morgan fingerprint density at radius 2 is 2.08 bits per heavy atom. The second kappa shape index (κ2) is 6.68. The third kappa shape index (κ3) is 3.41. The Bertz CT molecular complexity index is 902. The molecule has 3 heterocycles. The van der Waals surface area contributed by atoms with Crippen LogP contribution in [0, 0.1) is 0 Å². The summed E-state index contributed by atoms with van der Waals surface area (Å²) in [6, 6.07) is 8.11. The van der Waals surface area contributed by atoms with Crippen LogP contribution in [-0.2, 0) is 33.7 Å². The van der Waals surface area contributed by atoms with Crippen molar-refractivity contribution in [2.75, 3.05) is 13.2 Å². The van der Waals surface area contributed by atoms with E-state index < -0.39 is 5.97 Å². The van der Waals surface area contributed by atoms with Gasteiger partial charge in [0.15, 0.2) is 11.6 Å². The number of benzene rings is 1. The molecular weight excluding hydrogens is 338 g/mol. The molecule has 3 aromatic rings. The van der Waals surface area contributed by atoms with E-state index in [1.165, 1.54) is 16.9 Å². The molecule has 0 radical (unpaired) electrons. The predicted molar refractivity (Wildman–Crippen MR) is 93.3 cm³/mol. The zero-order valence-electron chi connectivity index (χ0n) is 13.6. The topological polar surface area (TPSA) is 63.9 Å². The van der Waals surface area contributed by atoms with Gasteiger partial charge in [-0.1, -0.05) is 24.3 Å².